The van der Waals surface area contributed by atoms with Gasteiger partial charge in [0.1, 0.15) is 12.1 Å². The van der Waals surface area contributed by atoms with Crippen LogP contribution in [0.1, 0.15) is 11.5 Å². The SMILES string of the molecule is Cc1cccn(Cc2nc3ccc(N)cc3o2)c1=O. The Morgan fingerprint density at radius 3 is 3.05 bits per heavy atom. The number of hydrogen-bond acceptors (Lipinski definition) is 4. The number of nitrogen functional groups attached to an aromatic ring is 1. The Hall–Kier alpha value is -2.56. The van der Waals surface area contributed by atoms with E-state index in [9.17, 15) is 4.79 Å². The van der Waals surface area contributed by atoms with Crippen molar-refractivity contribution in [1.29, 1.82) is 0 Å². The number of rotatable bonds is 2. The maximum atomic E-state index is 11.9. The zero-order chi connectivity index (χ0) is 13.4. The monoisotopic (exact) mass is 255 g/mol. The Labute approximate surface area is 109 Å². The van der Waals surface area contributed by atoms with E-state index in [2.05, 4.69) is 4.98 Å². The van der Waals surface area contributed by atoms with Gasteiger partial charge >= 0.3 is 0 Å². The first-order valence-electron chi connectivity index (χ1n) is 5.94. The van der Waals surface area contributed by atoms with Crippen molar-refractivity contribution in [3.05, 3.63) is 58.3 Å². The topological polar surface area (TPSA) is 74.1 Å². The number of aryl methyl sites for hydroxylation is 1. The molecule has 5 nitrogen and oxygen atoms in total. The average Bonchev–Trinajstić information content (AvgIpc) is 2.76. The number of hydrogen-bond donors (Lipinski definition) is 1. The number of aromatic nitrogens is 2. The normalized spacial score (nSPS) is 11.0. The van der Waals surface area contributed by atoms with E-state index in [1.165, 1.54) is 0 Å². The maximum Gasteiger partial charge on any atom is 0.253 e. The van der Waals surface area contributed by atoms with Gasteiger partial charge in [0.2, 0.25) is 5.89 Å². The summed E-state index contributed by atoms with van der Waals surface area (Å²) < 4.78 is 7.17. The van der Waals surface area contributed by atoms with Crippen molar-refractivity contribution in [2.24, 2.45) is 0 Å². The van der Waals surface area contributed by atoms with Gasteiger partial charge in [-0.3, -0.25) is 4.79 Å². The Kier molecular flexibility index (Phi) is 2.59. The second kappa shape index (κ2) is 4.28. The molecule has 0 saturated carbocycles. The van der Waals surface area contributed by atoms with Crippen molar-refractivity contribution in [2.75, 3.05) is 5.73 Å². The zero-order valence-corrected chi connectivity index (χ0v) is 10.5. The number of benzene rings is 1. The third-order valence-corrected chi connectivity index (χ3v) is 2.97. The summed E-state index contributed by atoms with van der Waals surface area (Å²) in [6, 6.07) is 8.91. The van der Waals surface area contributed by atoms with Gasteiger partial charge in [-0.1, -0.05) is 6.07 Å². The smallest absolute Gasteiger partial charge is 0.253 e. The molecule has 0 atom stereocenters. The van der Waals surface area contributed by atoms with Crippen molar-refractivity contribution < 1.29 is 4.42 Å². The summed E-state index contributed by atoms with van der Waals surface area (Å²) in [7, 11) is 0. The van der Waals surface area contributed by atoms with E-state index in [0.717, 1.165) is 5.52 Å². The summed E-state index contributed by atoms with van der Waals surface area (Å²) in [5.74, 6) is 0.494. The van der Waals surface area contributed by atoms with E-state index in [0.29, 0.717) is 29.3 Å². The molecule has 0 saturated heterocycles. The molecular formula is C14H13N3O2. The van der Waals surface area contributed by atoms with E-state index in [1.54, 1.807) is 42.0 Å². The van der Waals surface area contributed by atoms with E-state index in [-0.39, 0.29) is 5.56 Å². The molecule has 0 aliphatic rings. The van der Waals surface area contributed by atoms with Crippen LogP contribution in [0.4, 0.5) is 5.69 Å². The van der Waals surface area contributed by atoms with Gasteiger partial charge in [-0.15, -0.1) is 0 Å². The Balaban J connectivity index is 2.01. The van der Waals surface area contributed by atoms with Crippen molar-refractivity contribution in [3.63, 3.8) is 0 Å². The number of fused-ring (bicyclic) bond motifs is 1. The molecular weight excluding hydrogens is 242 g/mol. The highest BCUT2D eigenvalue weighted by Crippen LogP contribution is 2.18. The van der Waals surface area contributed by atoms with Crippen LogP contribution in [0.3, 0.4) is 0 Å². The van der Waals surface area contributed by atoms with Crippen LogP contribution in [0.2, 0.25) is 0 Å². The first-order chi connectivity index (χ1) is 9.13. The molecule has 0 spiro atoms. The first-order valence-corrected chi connectivity index (χ1v) is 5.94. The molecule has 96 valence electrons. The minimum Gasteiger partial charge on any atom is -0.439 e. The van der Waals surface area contributed by atoms with Crippen molar-refractivity contribution in [2.45, 2.75) is 13.5 Å². The number of anilines is 1. The highest BCUT2D eigenvalue weighted by atomic mass is 16.3. The quantitative estimate of drug-likeness (QED) is 0.710. The molecule has 0 amide bonds. The minimum atomic E-state index is -0.0377. The molecule has 3 rings (SSSR count). The molecule has 0 fully saturated rings. The average molecular weight is 255 g/mol. The molecule has 19 heavy (non-hydrogen) atoms. The van der Waals surface area contributed by atoms with Gasteiger partial charge < -0.3 is 14.7 Å². The molecule has 2 N–H and O–H groups in total. The van der Waals surface area contributed by atoms with Gasteiger partial charge in [0.15, 0.2) is 5.58 Å². The summed E-state index contributed by atoms with van der Waals surface area (Å²) in [5.41, 5.74) is 8.35. The van der Waals surface area contributed by atoms with E-state index >= 15 is 0 Å². The Morgan fingerprint density at radius 1 is 1.37 bits per heavy atom. The van der Waals surface area contributed by atoms with Crippen LogP contribution >= 0.6 is 0 Å². The molecule has 0 bridgehead atoms. The van der Waals surface area contributed by atoms with E-state index in [4.69, 9.17) is 10.2 Å². The van der Waals surface area contributed by atoms with Crippen LogP contribution in [0, 0.1) is 6.92 Å². The summed E-state index contributed by atoms with van der Waals surface area (Å²) in [6.07, 6.45) is 1.72. The molecule has 0 aliphatic heterocycles. The van der Waals surface area contributed by atoms with E-state index < -0.39 is 0 Å². The molecule has 1 aromatic carbocycles. The Morgan fingerprint density at radius 2 is 2.21 bits per heavy atom. The first kappa shape index (κ1) is 11.5. The van der Waals surface area contributed by atoms with Gasteiger partial charge in [-0.2, -0.15) is 0 Å². The summed E-state index contributed by atoms with van der Waals surface area (Å²) in [4.78, 5) is 16.3. The van der Waals surface area contributed by atoms with Gasteiger partial charge in [0, 0.05) is 23.5 Å². The molecule has 3 aromatic rings. The molecule has 2 aromatic heterocycles. The lowest BCUT2D eigenvalue weighted by atomic mass is 10.3. The molecule has 0 radical (unpaired) electrons. The summed E-state index contributed by atoms with van der Waals surface area (Å²) >= 11 is 0. The standard InChI is InChI=1S/C14H13N3O2/c1-9-3-2-6-17(14(9)18)8-13-16-11-5-4-10(15)7-12(11)19-13/h2-7H,8,15H2,1H3. The zero-order valence-electron chi connectivity index (χ0n) is 10.5. The fraction of sp³-hybridized carbons (Fsp3) is 0.143. The van der Waals surface area contributed by atoms with Crippen LogP contribution in [-0.2, 0) is 6.54 Å². The van der Waals surface area contributed by atoms with Crippen LogP contribution in [0.5, 0.6) is 0 Å². The molecule has 5 heteroatoms. The van der Waals surface area contributed by atoms with Gasteiger partial charge in [-0.25, -0.2) is 4.98 Å². The van der Waals surface area contributed by atoms with Crippen LogP contribution in [0.25, 0.3) is 11.1 Å². The van der Waals surface area contributed by atoms with Crippen LogP contribution < -0.4 is 11.3 Å². The largest absolute Gasteiger partial charge is 0.439 e. The Bertz CT molecular complexity index is 802. The van der Waals surface area contributed by atoms with Crippen LogP contribution in [0.15, 0.2) is 45.7 Å². The highest BCUT2D eigenvalue weighted by Gasteiger charge is 2.08. The fourth-order valence-electron chi connectivity index (χ4n) is 1.98. The fourth-order valence-corrected chi connectivity index (χ4v) is 1.98. The molecule has 0 aliphatic carbocycles. The maximum absolute atomic E-state index is 11.9. The lowest BCUT2D eigenvalue weighted by molar-refractivity contribution is 0.504. The summed E-state index contributed by atoms with van der Waals surface area (Å²) in [6.45, 7) is 2.10. The lowest BCUT2D eigenvalue weighted by Crippen LogP contribution is -2.21. The van der Waals surface area contributed by atoms with Crippen LogP contribution in [-0.4, -0.2) is 9.55 Å². The number of pyridine rings is 1. The van der Waals surface area contributed by atoms with Gasteiger partial charge in [0.25, 0.3) is 5.56 Å². The number of oxazole rings is 1. The highest BCUT2D eigenvalue weighted by molar-refractivity contribution is 5.76. The van der Waals surface area contributed by atoms with Crippen molar-refractivity contribution in [1.82, 2.24) is 9.55 Å². The van der Waals surface area contributed by atoms with E-state index in [1.807, 2.05) is 6.07 Å². The number of nitrogens with two attached hydrogens (primary N) is 1. The molecule has 2 heterocycles. The minimum absolute atomic E-state index is 0.0377. The third-order valence-electron chi connectivity index (χ3n) is 2.97. The second-order valence-electron chi connectivity index (χ2n) is 4.46. The summed E-state index contributed by atoms with van der Waals surface area (Å²) in [5, 5.41) is 0. The van der Waals surface area contributed by atoms with Crippen molar-refractivity contribution in [3.8, 4) is 0 Å². The number of nitrogens with zero attached hydrogens (tertiary/aromatic N) is 2. The second-order valence-corrected chi connectivity index (χ2v) is 4.46. The predicted molar refractivity (Wildman–Crippen MR) is 73.0 cm³/mol. The van der Waals surface area contributed by atoms with Gasteiger partial charge in [0.05, 0.1) is 0 Å². The van der Waals surface area contributed by atoms with Crippen molar-refractivity contribution >= 4 is 16.8 Å². The molecule has 0 unspecified atom stereocenters. The lowest BCUT2D eigenvalue weighted by Gasteiger charge is -2.02. The van der Waals surface area contributed by atoms with Gasteiger partial charge in [-0.05, 0) is 25.1 Å². The third kappa shape index (κ3) is 2.10. The predicted octanol–water partition coefficient (Wildman–Crippen LogP) is 1.93.